The number of piperidine rings is 1. The minimum Gasteiger partial charge on any atom is -0.444 e. The van der Waals surface area contributed by atoms with Crippen LogP contribution in [0.2, 0.25) is 0 Å². The smallest absolute Gasteiger partial charge is 0.410 e. The Hall–Kier alpha value is -1.52. The van der Waals surface area contributed by atoms with Crippen LogP contribution in [0.4, 0.5) is 4.79 Å². The molecule has 0 spiro atoms. The van der Waals surface area contributed by atoms with Crippen LogP contribution in [0.5, 0.6) is 0 Å². The second kappa shape index (κ2) is 5.46. The topological polar surface area (TPSA) is 58.2 Å². The number of ether oxygens (including phenoxy) is 1. The number of nitrogens with one attached hydrogen (secondary N) is 1. The van der Waals surface area contributed by atoms with E-state index < -0.39 is 5.60 Å². The minimum absolute atomic E-state index is 0.00556. The number of aromatic nitrogens is 2. The standard InChI is InChI=1S/C15H25N3O2/c1-10-11(2)17-13(16-10)12-8-6-7-9-18(12)14(19)20-15(3,4)5/h12H,6-9H2,1-5H3,(H,16,17). The third-order valence-corrected chi connectivity index (χ3v) is 3.59. The molecule has 5 heteroatoms. The van der Waals surface area contributed by atoms with Gasteiger partial charge in [-0.25, -0.2) is 9.78 Å². The second-order valence-electron chi connectivity index (χ2n) is 6.52. The zero-order chi connectivity index (χ0) is 14.9. The van der Waals surface area contributed by atoms with E-state index in [4.69, 9.17) is 4.74 Å². The first kappa shape index (κ1) is 14.9. The summed E-state index contributed by atoms with van der Waals surface area (Å²) >= 11 is 0. The van der Waals surface area contributed by atoms with Crippen molar-refractivity contribution in [2.45, 2.75) is 65.5 Å². The molecule has 0 saturated carbocycles. The summed E-state index contributed by atoms with van der Waals surface area (Å²) in [5.74, 6) is 0.880. The van der Waals surface area contributed by atoms with Gasteiger partial charge in [0.15, 0.2) is 0 Å². The highest BCUT2D eigenvalue weighted by Crippen LogP contribution is 2.31. The molecule has 1 N–H and O–H groups in total. The van der Waals surface area contributed by atoms with Crippen LogP contribution in [0.15, 0.2) is 0 Å². The first-order valence-corrected chi connectivity index (χ1v) is 7.30. The molecule has 0 radical (unpaired) electrons. The number of H-pyrrole nitrogens is 1. The van der Waals surface area contributed by atoms with Crippen LogP contribution in [0.3, 0.4) is 0 Å². The van der Waals surface area contributed by atoms with Crippen LogP contribution in [-0.2, 0) is 4.74 Å². The van der Waals surface area contributed by atoms with Crippen LogP contribution in [0, 0.1) is 13.8 Å². The van der Waals surface area contributed by atoms with E-state index in [1.807, 2.05) is 39.5 Å². The van der Waals surface area contributed by atoms with Crippen molar-refractivity contribution in [3.8, 4) is 0 Å². The minimum atomic E-state index is -0.464. The van der Waals surface area contributed by atoms with Crippen molar-refractivity contribution in [1.29, 1.82) is 0 Å². The van der Waals surface area contributed by atoms with Gasteiger partial charge in [-0.1, -0.05) is 0 Å². The number of amides is 1. The second-order valence-corrected chi connectivity index (χ2v) is 6.52. The molecule has 5 nitrogen and oxygen atoms in total. The fourth-order valence-electron chi connectivity index (χ4n) is 2.49. The number of imidazole rings is 1. The molecule has 1 aromatic heterocycles. The quantitative estimate of drug-likeness (QED) is 0.856. The molecule has 20 heavy (non-hydrogen) atoms. The first-order valence-electron chi connectivity index (χ1n) is 7.30. The van der Waals surface area contributed by atoms with E-state index in [1.165, 1.54) is 0 Å². The molecule has 0 bridgehead atoms. The molecular formula is C15H25N3O2. The van der Waals surface area contributed by atoms with Gasteiger partial charge in [-0.05, 0) is 53.9 Å². The summed E-state index contributed by atoms with van der Waals surface area (Å²) < 4.78 is 5.51. The van der Waals surface area contributed by atoms with Crippen LogP contribution >= 0.6 is 0 Å². The summed E-state index contributed by atoms with van der Waals surface area (Å²) in [6.07, 6.45) is 2.83. The Morgan fingerprint density at radius 3 is 2.60 bits per heavy atom. The van der Waals surface area contributed by atoms with E-state index in [-0.39, 0.29) is 12.1 Å². The number of likely N-dealkylation sites (tertiary alicyclic amines) is 1. The van der Waals surface area contributed by atoms with E-state index in [2.05, 4.69) is 9.97 Å². The number of carbonyl (C=O) groups is 1. The van der Waals surface area contributed by atoms with Crippen molar-refractivity contribution in [1.82, 2.24) is 14.9 Å². The fraction of sp³-hybridized carbons (Fsp3) is 0.733. The Labute approximate surface area is 120 Å². The lowest BCUT2D eigenvalue weighted by Crippen LogP contribution is -2.42. The maximum atomic E-state index is 12.4. The Bertz CT molecular complexity index is 468. The van der Waals surface area contributed by atoms with Crippen LogP contribution in [0.25, 0.3) is 0 Å². The lowest BCUT2D eigenvalue weighted by Gasteiger charge is -2.35. The number of nitrogens with zero attached hydrogens (tertiary/aromatic N) is 2. The van der Waals surface area contributed by atoms with Gasteiger partial charge in [-0.3, -0.25) is 4.90 Å². The van der Waals surface area contributed by atoms with Crippen molar-refractivity contribution in [3.05, 3.63) is 17.2 Å². The van der Waals surface area contributed by atoms with Gasteiger partial charge >= 0.3 is 6.09 Å². The summed E-state index contributed by atoms with van der Waals surface area (Å²) in [6, 6.07) is 0.00556. The van der Waals surface area contributed by atoms with Crippen LogP contribution in [-0.4, -0.2) is 33.1 Å². The molecule has 112 valence electrons. The van der Waals surface area contributed by atoms with E-state index in [1.54, 1.807) is 0 Å². The molecule has 0 aromatic carbocycles. The summed E-state index contributed by atoms with van der Waals surface area (Å²) in [5, 5.41) is 0. The fourth-order valence-corrected chi connectivity index (χ4v) is 2.49. The lowest BCUT2D eigenvalue weighted by molar-refractivity contribution is 0.00851. The number of hydrogen-bond donors (Lipinski definition) is 1. The first-order chi connectivity index (χ1) is 9.28. The van der Waals surface area contributed by atoms with Crippen molar-refractivity contribution >= 4 is 6.09 Å². The molecule has 1 aliphatic heterocycles. The highest BCUT2D eigenvalue weighted by Gasteiger charge is 2.33. The van der Waals surface area contributed by atoms with Gasteiger partial charge < -0.3 is 9.72 Å². The number of rotatable bonds is 1. The molecule has 1 saturated heterocycles. The van der Waals surface area contributed by atoms with Crippen LogP contribution < -0.4 is 0 Å². The highest BCUT2D eigenvalue weighted by molar-refractivity contribution is 5.68. The number of aryl methyl sites for hydroxylation is 2. The Balaban J connectivity index is 2.19. The van der Waals surface area contributed by atoms with Gasteiger partial charge in [0.2, 0.25) is 0 Å². The van der Waals surface area contributed by atoms with Gasteiger partial charge in [0.1, 0.15) is 11.4 Å². The average Bonchev–Trinajstić information content (AvgIpc) is 2.67. The number of carbonyl (C=O) groups excluding carboxylic acids is 1. The maximum absolute atomic E-state index is 12.4. The lowest BCUT2D eigenvalue weighted by atomic mass is 10.0. The monoisotopic (exact) mass is 279 g/mol. The van der Waals surface area contributed by atoms with Gasteiger partial charge in [0, 0.05) is 12.2 Å². The zero-order valence-corrected chi connectivity index (χ0v) is 13.1. The normalized spacial score (nSPS) is 20.1. The largest absolute Gasteiger partial charge is 0.444 e. The van der Waals surface area contributed by atoms with E-state index in [0.29, 0.717) is 0 Å². The predicted molar refractivity (Wildman–Crippen MR) is 77.6 cm³/mol. The van der Waals surface area contributed by atoms with Gasteiger partial charge in [0.25, 0.3) is 0 Å². The van der Waals surface area contributed by atoms with E-state index in [0.717, 1.165) is 43.0 Å². The third kappa shape index (κ3) is 3.32. The molecule has 2 rings (SSSR count). The molecule has 1 amide bonds. The van der Waals surface area contributed by atoms with Gasteiger partial charge in [-0.15, -0.1) is 0 Å². The van der Waals surface area contributed by atoms with Crippen molar-refractivity contribution in [3.63, 3.8) is 0 Å². The highest BCUT2D eigenvalue weighted by atomic mass is 16.6. The molecule has 1 aliphatic rings. The van der Waals surface area contributed by atoms with Crippen LogP contribution in [0.1, 0.15) is 63.3 Å². The van der Waals surface area contributed by atoms with Crippen molar-refractivity contribution in [2.24, 2.45) is 0 Å². The van der Waals surface area contributed by atoms with Gasteiger partial charge in [0.05, 0.1) is 11.7 Å². The predicted octanol–water partition coefficient (Wildman–Crippen LogP) is 3.49. The number of aromatic amines is 1. The Morgan fingerprint density at radius 2 is 2.05 bits per heavy atom. The zero-order valence-electron chi connectivity index (χ0n) is 13.1. The molecular weight excluding hydrogens is 254 g/mol. The molecule has 0 aliphatic carbocycles. The van der Waals surface area contributed by atoms with E-state index >= 15 is 0 Å². The van der Waals surface area contributed by atoms with Gasteiger partial charge in [-0.2, -0.15) is 0 Å². The Kier molecular flexibility index (Phi) is 4.06. The summed E-state index contributed by atoms with van der Waals surface area (Å²) in [4.78, 5) is 22.0. The summed E-state index contributed by atoms with van der Waals surface area (Å²) in [5.41, 5.74) is 1.60. The van der Waals surface area contributed by atoms with Crippen molar-refractivity contribution in [2.75, 3.05) is 6.54 Å². The maximum Gasteiger partial charge on any atom is 0.410 e. The molecule has 1 fully saturated rings. The molecule has 2 heterocycles. The van der Waals surface area contributed by atoms with Crippen molar-refractivity contribution < 1.29 is 9.53 Å². The molecule has 1 aromatic rings. The SMILES string of the molecule is Cc1nc(C2CCCCN2C(=O)OC(C)(C)C)[nH]c1C. The molecule has 1 atom stereocenters. The summed E-state index contributed by atoms with van der Waals surface area (Å²) in [7, 11) is 0. The number of hydrogen-bond acceptors (Lipinski definition) is 3. The Morgan fingerprint density at radius 1 is 1.35 bits per heavy atom. The third-order valence-electron chi connectivity index (χ3n) is 3.59. The molecule has 1 unspecified atom stereocenters. The van der Waals surface area contributed by atoms with E-state index in [9.17, 15) is 4.79 Å². The summed E-state index contributed by atoms with van der Waals surface area (Å²) in [6.45, 7) is 10.4. The average molecular weight is 279 g/mol.